The third-order valence-corrected chi connectivity index (χ3v) is 4.99. The maximum atomic E-state index is 6.41. The van der Waals surface area contributed by atoms with Crippen molar-refractivity contribution in [2.75, 3.05) is 0 Å². The Morgan fingerprint density at radius 2 is 2.05 bits per heavy atom. The minimum Gasteiger partial charge on any atom is -0.402 e. The third-order valence-electron chi connectivity index (χ3n) is 4.99. The van der Waals surface area contributed by atoms with Crippen LogP contribution in [-0.2, 0) is 0 Å². The van der Waals surface area contributed by atoms with Crippen LogP contribution in [0.2, 0.25) is 0 Å². The van der Waals surface area contributed by atoms with Crippen molar-refractivity contribution in [3.8, 4) is 0 Å². The van der Waals surface area contributed by atoms with Crippen molar-refractivity contribution in [1.82, 2.24) is 0 Å². The minimum absolute atomic E-state index is 0.532. The lowest BCUT2D eigenvalue weighted by molar-refractivity contribution is 0.254. The molecule has 2 N–H and O–H groups in total. The molecule has 0 saturated heterocycles. The maximum absolute atomic E-state index is 6.41. The van der Waals surface area contributed by atoms with Gasteiger partial charge in [-0.1, -0.05) is 59.1 Å². The lowest BCUT2D eigenvalue weighted by atomic mass is 9.72. The topological polar surface area (TPSA) is 26.0 Å². The van der Waals surface area contributed by atoms with Crippen LogP contribution in [0.5, 0.6) is 0 Å². The van der Waals surface area contributed by atoms with Crippen molar-refractivity contribution in [2.45, 2.75) is 59.8 Å². The zero-order valence-electron chi connectivity index (χ0n) is 13.4. The Balaban J connectivity index is 2.69. The van der Waals surface area contributed by atoms with Gasteiger partial charge in [-0.15, -0.1) is 6.58 Å². The van der Waals surface area contributed by atoms with Gasteiger partial charge in [0, 0.05) is 11.6 Å². The Morgan fingerprint density at radius 1 is 1.37 bits per heavy atom. The molecule has 0 heterocycles. The van der Waals surface area contributed by atoms with Gasteiger partial charge in [0.15, 0.2) is 0 Å². The lowest BCUT2D eigenvalue weighted by Gasteiger charge is -2.34. The molecule has 1 saturated carbocycles. The fourth-order valence-corrected chi connectivity index (χ4v) is 3.41. The van der Waals surface area contributed by atoms with Crippen molar-refractivity contribution < 1.29 is 0 Å². The van der Waals surface area contributed by atoms with Crippen LogP contribution in [0.1, 0.15) is 59.8 Å². The first-order valence-corrected chi connectivity index (χ1v) is 8.09. The summed E-state index contributed by atoms with van der Waals surface area (Å²) >= 11 is 0. The third kappa shape index (κ3) is 4.71. The van der Waals surface area contributed by atoms with Crippen LogP contribution < -0.4 is 5.73 Å². The van der Waals surface area contributed by atoms with Crippen molar-refractivity contribution in [3.63, 3.8) is 0 Å². The predicted molar refractivity (Wildman–Crippen MR) is 85.7 cm³/mol. The summed E-state index contributed by atoms with van der Waals surface area (Å²) in [6.45, 7) is 13.3. The molecule has 1 aliphatic rings. The summed E-state index contributed by atoms with van der Waals surface area (Å²) in [6.07, 6.45) is 10.8. The van der Waals surface area contributed by atoms with Gasteiger partial charge in [0.25, 0.3) is 0 Å². The van der Waals surface area contributed by atoms with Gasteiger partial charge in [0.1, 0.15) is 0 Å². The molecule has 1 heteroatoms. The molecule has 0 aromatic carbocycles. The largest absolute Gasteiger partial charge is 0.402 e. The van der Waals surface area contributed by atoms with Crippen molar-refractivity contribution in [2.24, 2.45) is 35.3 Å². The summed E-state index contributed by atoms with van der Waals surface area (Å²) in [4.78, 5) is 0. The molecule has 4 unspecified atom stereocenters. The molecule has 5 atom stereocenters. The molecule has 0 bridgehead atoms. The highest BCUT2D eigenvalue weighted by Crippen LogP contribution is 2.37. The zero-order chi connectivity index (χ0) is 14.4. The number of nitrogens with two attached hydrogens (primary N) is 1. The number of hydrogen-bond donors (Lipinski definition) is 1. The Labute approximate surface area is 120 Å². The molecule has 1 nitrogen and oxygen atoms in total. The van der Waals surface area contributed by atoms with E-state index in [0.717, 1.165) is 17.5 Å². The smallest absolute Gasteiger partial charge is 0.00802 e. The van der Waals surface area contributed by atoms with Gasteiger partial charge in [-0.05, 0) is 36.5 Å². The first-order valence-electron chi connectivity index (χ1n) is 8.09. The van der Waals surface area contributed by atoms with Crippen LogP contribution in [0, 0.1) is 29.6 Å². The number of rotatable bonds is 6. The molecule has 0 amide bonds. The highest BCUT2D eigenvalue weighted by atomic mass is 14.6. The van der Waals surface area contributed by atoms with Crippen LogP contribution in [0.25, 0.3) is 0 Å². The number of allylic oxidation sites excluding steroid dienone is 3. The molecule has 0 spiro atoms. The normalized spacial score (nSPS) is 31.8. The first kappa shape index (κ1) is 16.3. The van der Waals surface area contributed by atoms with Crippen LogP contribution in [0.15, 0.2) is 24.4 Å². The molecule has 1 rings (SSSR count). The predicted octanol–water partition coefficient (Wildman–Crippen LogP) is 5.14. The van der Waals surface area contributed by atoms with E-state index in [2.05, 4.69) is 46.4 Å². The summed E-state index contributed by atoms with van der Waals surface area (Å²) < 4.78 is 0. The second-order valence-electron chi connectivity index (χ2n) is 6.72. The van der Waals surface area contributed by atoms with E-state index in [1.807, 2.05) is 0 Å². The van der Waals surface area contributed by atoms with E-state index in [4.69, 9.17) is 5.73 Å². The monoisotopic (exact) mass is 263 g/mol. The van der Waals surface area contributed by atoms with Gasteiger partial charge >= 0.3 is 0 Å². The molecule has 1 aliphatic carbocycles. The summed E-state index contributed by atoms with van der Waals surface area (Å²) in [5.41, 5.74) is 7.53. The molecule has 110 valence electrons. The molecular weight excluding hydrogens is 230 g/mol. The molecule has 19 heavy (non-hydrogen) atoms. The fraction of sp³-hybridized carbons (Fsp3) is 0.778. The number of hydrogen-bond acceptors (Lipinski definition) is 1. The van der Waals surface area contributed by atoms with Crippen LogP contribution in [-0.4, -0.2) is 0 Å². The summed E-state index contributed by atoms with van der Waals surface area (Å²) in [6, 6.07) is 0. The van der Waals surface area contributed by atoms with E-state index in [0.29, 0.717) is 17.8 Å². The van der Waals surface area contributed by atoms with E-state index in [1.54, 1.807) is 0 Å². The Hall–Kier alpha value is -0.720. The maximum Gasteiger partial charge on any atom is 0.00802 e. The average molecular weight is 263 g/mol. The van der Waals surface area contributed by atoms with Crippen LogP contribution in [0.3, 0.4) is 0 Å². The second kappa shape index (κ2) is 7.77. The fourth-order valence-electron chi connectivity index (χ4n) is 3.41. The van der Waals surface area contributed by atoms with Crippen LogP contribution in [0.4, 0.5) is 0 Å². The Bertz CT molecular complexity index is 305. The van der Waals surface area contributed by atoms with Gasteiger partial charge in [-0.2, -0.15) is 0 Å². The van der Waals surface area contributed by atoms with Gasteiger partial charge in [0.05, 0.1) is 0 Å². The summed E-state index contributed by atoms with van der Waals surface area (Å²) in [7, 11) is 0. The quantitative estimate of drug-likeness (QED) is 0.660. The van der Waals surface area contributed by atoms with Crippen molar-refractivity contribution in [3.05, 3.63) is 24.4 Å². The first-order chi connectivity index (χ1) is 8.99. The van der Waals surface area contributed by atoms with E-state index >= 15 is 0 Å². The summed E-state index contributed by atoms with van der Waals surface area (Å²) in [5.74, 6) is 3.25. The van der Waals surface area contributed by atoms with Gasteiger partial charge < -0.3 is 5.73 Å². The average Bonchev–Trinajstić information content (AvgIpc) is 2.38. The van der Waals surface area contributed by atoms with E-state index in [9.17, 15) is 0 Å². The Morgan fingerprint density at radius 3 is 2.63 bits per heavy atom. The summed E-state index contributed by atoms with van der Waals surface area (Å²) in [5, 5.41) is 0. The highest BCUT2D eigenvalue weighted by Gasteiger charge is 2.28. The second-order valence-corrected chi connectivity index (χ2v) is 6.72. The Kier molecular flexibility index (Phi) is 6.68. The highest BCUT2D eigenvalue weighted by molar-refractivity contribution is 5.10. The molecule has 0 aromatic rings. The minimum atomic E-state index is 0.532. The van der Waals surface area contributed by atoms with Crippen LogP contribution >= 0.6 is 0 Å². The van der Waals surface area contributed by atoms with Gasteiger partial charge in [0.2, 0.25) is 0 Å². The van der Waals surface area contributed by atoms with Crippen molar-refractivity contribution >= 4 is 0 Å². The van der Waals surface area contributed by atoms with Gasteiger partial charge in [-0.25, -0.2) is 0 Å². The zero-order valence-corrected chi connectivity index (χ0v) is 13.4. The van der Waals surface area contributed by atoms with E-state index in [1.165, 1.54) is 32.1 Å². The SMILES string of the molecule is C=CC1C[C@@H](C)CCC1/C(N)=C\C(C)C(C)CCC. The molecule has 0 aliphatic heterocycles. The van der Waals surface area contributed by atoms with Gasteiger partial charge in [-0.3, -0.25) is 0 Å². The van der Waals surface area contributed by atoms with E-state index in [-0.39, 0.29) is 0 Å². The molecule has 0 aromatic heterocycles. The van der Waals surface area contributed by atoms with E-state index < -0.39 is 0 Å². The standard InChI is InChI=1S/C18H33N/c1-6-8-14(4)15(5)12-18(19)17-10-9-13(3)11-16(17)7-2/h7,12-17H,2,6,8-11,19H2,1,3-5H3/b18-12+/t13-,14?,15?,16?,17?/m0/s1. The molecular formula is C18H33N. The van der Waals surface area contributed by atoms with Crippen molar-refractivity contribution in [1.29, 1.82) is 0 Å². The molecule has 1 fully saturated rings. The molecule has 0 radical (unpaired) electrons. The lowest BCUT2D eigenvalue weighted by Crippen LogP contribution is -2.27.